The summed E-state index contributed by atoms with van der Waals surface area (Å²) in [5, 5.41) is 28.8. The Morgan fingerprint density at radius 3 is 1.67 bits per heavy atom. The van der Waals surface area contributed by atoms with Crippen molar-refractivity contribution in [1.82, 2.24) is 20.9 Å². The Morgan fingerprint density at radius 1 is 0.592 bits per heavy atom. The number of phenolic OH excluding ortho intramolecular Hbond substituents is 1. The Balaban J connectivity index is 1.36. The summed E-state index contributed by atoms with van der Waals surface area (Å²) in [5.74, 6) is -3.10. The van der Waals surface area contributed by atoms with Crippen LogP contribution in [-0.2, 0) is 44.9 Å². The maximum Gasteiger partial charge on any atom is 0.326 e. The van der Waals surface area contributed by atoms with Crippen molar-refractivity contribution in [2.75, 3.05) is 0 Å². The number of carbonyl (C=O) groups is 4. The molecule has 5 aromatic rings. The number of carboxylic acids is 1. The first-order chi connectivity index (χ1) is 23.7. The summed E-state index contributed by atoms with van der Waals surface area (Å²) < 4.78 is 0. The van der Waals surface area contributed by atoms with Gasteiger partial charge in [-0.05, 0) is 46.9 Å². The molecule has 0 saturated heterocycles. The van der Waals surface area contributed by atoms with Crippen molar-refractivity contribution in [3.05, 3.63) is 138 Å². The third kappa shape index (κ3) is 9.55. The maximum atomic E-state index is 13.9. The van der Waals surface area contributed by atoms with Crippen LogP contribution in [0.2, 0.25) is 0 Å². The monoisotopic (exact) mass is 661 g/mol. The van der Waals surface area contributed by atoms with Crippen LogP contribution in [0.3, 0.4) is 0 Å². The van der Waals surface area contributed by atoms with Gasteiger partial charge in [0, 0.05) is 36.4 Å². The number of rotatable bonds is 15. The normalized spacial score (nSPS) is 13.5. The van der Waals surface area contributed by atoms with Crippen LogP contribution < -0.4 is 21.7 Å². The summed E-state index contributed by atoms with van der Waals surface area (Å²) in [7, 11) is 0. The Kier molecular flexibility index (Phi) is 11.4. The van der Waals surface area contributed by atoms with Gasteiger partial charge in [0.05, 0.1) is 6.04 Å². The van der Waals surface area contributed by atoms with Gasteiger partial charge in [-0.1, -0.05) is 91.0 Å². The lowest BCUT2D eigenvalue weighted by Crippen LogP contribution is -2.58. The van der Waals surface area contributed by atoms with Crippen molar-refractivity contribution in [3.8, 4) is 5.75 Å². The average Bonchev–Trinajstić information content (AvgIpc) is 3.51. The van der Waals surface area contributed by atoms with E-state index in [9.17, 15) is 29.4 Å². The van der Waals surface area contributed by atoms with Crippen LogP contribution in [0.5, 0.6) is 5.75 Å². The molecule has 1 heterocycles. The zero-order valence-electron chi connectivity index (χ0n) is 26.7. The molecular formula is C38H39N5O6. The van der Waals surface area contributed by atoms with E-state index in [-0.39, 0.29) is 31.4 Å². The lowest BCUT2D eigenvalue weighted by Gasteiger charge is -2.25. The summed E-state index contributed by atoms with van der Waals surface area (Å²) >= 11 is 0. The number of phenols is 1. The minimum atomic E-state index is -1.29. The number of carboxylic acid groups (broad SMARTS) is 1. The van der Waals surface area contributed by atoms with Gasteiger partial charge in [0.15, 0.2) is 0 Å². The van der Waals surface area contributed by atoms with Crippen LogP contribution in [0.4, 0.5) is 0 Å². The molecule has 1 aromatic heterocycles. The molecule has 4 aromatic carbocycles. The molecule has 0 aliphatic heterocycles. The summed E-state index contributed by atoms with van der Waals surface area (Å²) in [5.41, 5.74) is 10.0. The number of aromatic hydroxyl groups is 1. The predicted octanol–water partition coefficient (Wildman–Crippen LogP) is 3.01. The van der Waals surface area contributed by atoms with E-state index in [4.69, 9.17) is 5.73 Å². The number of carbonyl (C=O) groups excluding carboxylic acids is 3. The second kappa shape index (κ2) is 16.2. The molecule has 4 atom stereocenters. The minimum absolute atomic E-state index is 0.00985. The smallest absolute Gasteiger partial charge is 0.326 e. The highest BCUT2D eigenvalue weighted by Crippen LogP contribution is 2.19. The van der Waals surface area contributed by atoms with Gasteiger partial charge in [0.1, 0.15) is 23.9 Å². The van der Waals surface area contributed by atoms with Crippen molar-refractivity contribution in [2.24, 2.45) is 5.73 Å². The van der Waals surface area contributed by atoms with Gasteiger partial charge in [-0.3, -0.25) is 14.4 Å². The quantitative estimate of drug-likeness (QED) is 0.0899. The fourth-order valence-electron chi connectivity index (χ4n) is 5.64. The van der Waals surface area contributed by atoms with E-state index < -0.39 is 47.9 Å². The lowest BCUT2D eigenvalue weighted by atomic mass is 10.0. The number of H-pyrrole nitrogens is 1. The van der Waals surface area contributed by atoms with Crippen LogP contribution in [0.1, 0.15) is 22.3 Å². The van der Waals surface area contributed by atoms with E-state index in [2.05, 4.69) is 20.9 Å². The van der Waals surface area contributed by atoms with E-state index >= 15 is 0 Å². The molecule has 0 radical (unpaired) electrons. The number of hydrogen-bond acceptors (Lipinski definition) is 6. The van der Waals surface area contributed by atoms with Crippen LogP contribution in [0.25, 0.3) is 10.9 Å². The van der Waals surface area contributed by atoms with Crippen LogP contribution in [0, 0.1) is 0 Å². The average molecular weight is 662 g/mol. The van der Waals surface area contributed by atoms with Gasteiger partial charge in [-0.15, -0.1) is 0 Å². The van der Waals surface area contributed by atoms with E-state index in [1.54, 1.807) is 42.6 Å². The topological polar surface area (TPSA) is 187 Å². The molecule has 252 valence electrons. The second-order valence-corrected chi connectivity index (χ2v) is 11.9. The van der Waals surface area contributed by atoms with Crippen molar-refractivity contribution >= 4 is 34.6 Å². The first-order valence-corrected chi connectivity index (χ1v) is 16.0. The van der Waals surface area contributed by atoms with Crippen LogP contribution in [-0.4, -0.2) is 63.1 Å². The van der Waals surface area contributed by atoms with Crippen molar-refractivity contribution < 1.29 is 29.4 Å². The molecular weight excluding hydrogens is 622 g/mol. The number of amides is 3. The maximum absolute atomic E-state index is 13.9. The number of aromatic amines is 1. The Morgan fingerprint density at radius 2 is 1.08 bits per heavy atom. The number of para-hydroxylation sites is 1. The highest BCUT2D eigenvalue weighted by Gasteiger charge is 2.31. The fourth-order valence-corrected chi connectivity index (χ4v) is 5.64. The molecule has 0 bridgehead atoms. The summed E-state index contributed by atoms with van der Waals surface area (Å²) in [6, 6.07) is 27.3. The number of benzene rings is 4. The second-order valence-electron chi connectivity index (χ2n) is 11.9. The molecule has 4 unspecified atom stereocenters. The third-order valence-corrected chi connectivity index (χ3v) is 8.27. The summed E-state index contributed by atoms with van der Waals surface area (Å²) in [6.45, 7) is 0. The van der Waals surface area contributed by atoms with E-state index in [0.29, 0.717) is 5.56 Å². The molecule has 5 rings (SSSR count). The third-order valence-electron chi connectivity index (χ3n) is 8.27. The summed E-state index contributed by atoms with van der Waals surface area (Å²) in [4.78, 5) is 56.5. The van der Waals surface area contributed by atoms with Gasteiger partial charge >= 0.3 is 5.97 Å². The number of nitrogens with one attached hydrogen (secondary N) is 4. The molecule has 0 spiro atoms. The van der Waals surface area contributed by atoms with Gasteiger partial charge in [-0.25, -0.2) is 4.79 Å². The van der Waals surface area contributed by atoms with Gasteiger partial charge in [0.2, 0.25) is 17.7 Å². The largest absolute Gasteiger partial charge is 0.508 e. The Bertz CT molecular complexity index is 1880. The number of aromatic nitrogens is 1. The lowest BCUT2D eigenvalue weighted by molar-refractivity contribution is -0.142. The molecule has 8 N–H and O–H groups in total. The molecule has 0 aliphatic carbocycles. The van der Waals surface area contributed by atoms with E-state index in [0.717, 1.165) is 27.6 Å². The highest BCUT2D eigenvalue weighted by molar-refractivity contribution is 5.94. The van der Waals surface area contributed by atoms with Crippen molar-refractivity contribution in [2.45, 2.75) is 49.9 Å². The van der Waals surface area contributed by atoms with Gasteiger partial charge in [-0.2, -0.15) is 0 Å². The summed E-state index contributed by atoms with van der Waals surface area (Å²) in [6.07, 6.45) is 2.07. The minimum Gasteiger partial charge on any atom is -0.508 e. The SMILES string of the molecule is NC(Cc1ccccc1)C(=O)NC(Cc1ccc(O)cc1)C(=O)NC(Cc1ccccc1)C(=O)NC(Cc1c[nH]c2ccccc12)C(=O)O. The molecule has 3 amide bonds. The standard InChI is InChI=1S/C38H39N5O6/c39-30(19-24-9-3-1-4-10-24)35(45)41-32(21-26-15-17-28(44)18-16-26)36(46)42-33(20-25-11-5-2-6-12-25)37(47)43-34(38(48)49)22-27-23-40-31-14-8-7-13-29(27)31/h1-18,23,30,32-34,40,44H,19-22,39H2,(H,41,45)(H,42,46)(H,43,47)(H,48,49). The van der Waals surface area contributed by atoms with Crippen LogP contribution >= 0.6 is 0 Å². The number of hydrogen-bond donors (Lipinski definition) is 7. The van der Waals surface area contributed by atoms with Crippen molar-refractivity contribution in [1.29, 1.82) is 0 Å². The molecule has 0 saturated carbocycles. The molecule has 49 heavy (non-hydrogen) atoms. The first kappa shape index (κ1) is 34.4. The first-order valence-electron chi connectivity index (χ1n) is 16.0. The van der Waals surface area contributed by atoms with Gasteiger partial charge < -0.3 is 36.9 Å². The number of nitrogens with two attached hydrogens (primary N) is 1. The number of aliphatic carboxylic acids is 1. The van der Waals surface area contributed by atoms with E-state index in [1.165, 1.54) is 12.1 Å². The number of fused-ring (bicyclic) bond motifs is 1. The zero-order chi connectivity index (χ0) is 34.8. The Labute approximate surface area is 283 Å². The van der Waals surface area contributed by atoms with Crippen LogP contribution in [0.15, 0.2) is 115 Å². The molecule has 11 nitrogen and oxygen atoms in total. The zero-order valence-corrected chi connectivity index (χ0v) is 26.7. The predicted molar refractivity (Wildman–Crippen MR) is 186 cm³/mol. The highest BCUT2D eigenvalue weighted by atomic mass is 16.4. The molecule has 11 heteroatoms. The Hall–Kier alpha value is -5.94. The van der Waals surface area contributed by atoms with Gasteiger partial charge in [0.25, 0.3) is 0 Å². The fraction of sp³-hybridized carbons (Fsp3) is 0.211. The molecule has 0 fully saturated rings. The van der Waals surface area contributed by atoms with E-state index in [1.807, 2.05) is 60.7 Å². The molecule has 0 aliphatic rings. The van der Waals surface area contributed by atoms with Crippen molar-refractivity contribution in [3.63, 3.8) is 0 Å².